The van der Waals surface area contributed by atoms with Gasteiger partial charge in [-0.1, -0.05) is 6.07 Å². The molecule has 1 atom stereocenters. The lowest BCUT2D eigenvalue weighted by Gasteiger charge is -2.27. The fourth-order valence-corrected chi connectivity index (χ4v) is 2.74. The molecule has 3 amide bonds. The van der Waals surface area contributed by atoms with Crippen molar-refractivity contribution in [2.45, 2.75) is 18.9 Å². The molecule has 2 aliphatic rings. The van der Waals surface area contributed by atoms with E-state index in [1.807, 2.05) is 12.1 Å². The van der Waals surface area contributed by atoms with Crippen molar-refractivity contribution in [2.24, 2.45) is 0 Å². The Morgan fingerprint density at radius 2 is 2.18 bits per heavy atom. The van der Waals surface area contributed by atoms with Crippen molar-refractivity contribution >= 4 is 30.0 Å². The first kappa shape index (κ1) is 16.6. The maximum atomic E-state index is 12.3. The molecule has 1 unspecified atom stereocenters. The summed E-state index contributed by atoms with van der Waals surface area (Å²) in [4.78, 5) is 25.8. The summed E-state index contributed by atoms with van der Waals surface area (Å²) < 4.78 is 0. The highest BCUT2D eigenvalue weighted by Crippen LogP contribution is 2.18. The van der Waals surface area contributed by atoms with Gasteiger partial charge in [0, 0.05) is 36.9 Å². The monoisotopic (exact) mass is 324 g/mol. The molecule has 6 nitrogen and oxygen atoms in total. The summed E-state index contributed by atoms with van der Waals surface area (Å²) in [6.07, 6.45) is 1.87. The van der Waals surface area contributed by atoms with Gasteiger partial charge >= 0.3 is 6.03 Å². The molecule has 1 aromatic carbocycles. The number of hydrogen-bond acceptors (Lipinski definition) is 3. The summed E-state index contributed by atoms with van der Waals surface area (Å²) in [5.74, 6) is -0.0806. The fourth-order valence-electron chi connectivity index (χ4n) is 2.74. The summed E-state index contributed by atoms with van der Waals surface area (Å²) in [7, 11) is 0. The molecule has 0 saturated carbocycles. The zero-order valence-corrected chi connectivity index (χ0v) is 13.1. The Balaban J connectivity index is 0.00000176. The van der Waals surface area contributed by atoms with E-state index < -0.39 is 0 Å². The normalized spacial score (nSPS) is 21.0. The Hall–Kier alpha value is -1.79. The second-order valence-electron chi connectivity index (χ2n) is 5.45. The molecule has 0 radical (unpaired) electrons. The Morgan fingerprint density at radius 1 is 1.32 bits per heavy atom. The first-order valence-electron chi connectivity index (χ1n) is 7.41. The van der Waals surface area contributed by atoms with E-state index in [1.54, 1.807) is 17.0 Å². The predicted molar refractivity (Wildman–Crippen MR) is 87.8 cm³/mol. The molecule has 1 aromatic rings. The maximum absolute atomic E-state index is 12.3. The van der Waals surface area contributed by atoms with Crippen molar-refractivity contribution in [1.82, 2.24) is 16.0 Å². The van der Waals surface area contributed by atoms with Crippen molar-refractivity contribution in [3.05, 3.63) is 29.8 Å². The first-order valence-corrected chi connectivity index (χ1v) is 7.41. The van der Waals surface area contributed by atoms with Gasteiger partial charge in [-0.3, -0.25) is 9.69 Å². The number of halogens is 1. The standard InChI is InChI=1S/C15H20N4O2.ClH/c20-14(18-12-5-7-16-10-12)11-3-1-4-13(9-11)19-8-2-6-17-15(19)21;/h1,3-4,9,12,16H,2,5-8,10H2,(H,17,21)(H,18,20);1H. The van der Waals surface area contributed by atoms with Gasteiger partial charge in [0.2, 0.25) is 0 Å². The average Bonchev–Trinajstić information content (AvgIpc) is 3.01. The van der Waals surface area contributed by atoms with Crippen molar-refractivity contribution in [3.8, 4) is 0 Å². The Bertz CT molecular complexity index is 546. The highest BCUT2D eigenvalue weighted by Gasteiger charge is 2.21. The highest BCUT2D eigenvalue weighted by molar-refractivity contribution is 5.98. The molecule has 0 bridgehead atoms. The molecule has 22 heavy (non-hydrogen) atoms. The van der Waals surface area contributed by atoms with Crippen LogP contribution in [0.5, 0.6) is 0 Å². The Labute approximate surface area is 136 Å². The molecule has 0 aromatic heterocycles. The van der Waals surface area contributed by atoms with Gasteiger partial charge < -0.3 is 16.0 Å². The van der Waals surface area contributed by atoms with Crippen LogP contribution in [-0.4, -0.2) is 44.2 Å². The lowest BCUT2D eigenvalue weighted by atomic mass is 10.1. The molecule has 7 heteroatoms. The van der Waals surface area contributed by atoms with Crippen molar-refractivity contribution in [3.63, 3.8) is 0 Å². The quantitative estimate of drug-likeness (QED) is 0.780. The minimum absolute atomic E-state index is 0. The van der Waals surface area contributed by atoms with E-state index in [0.717, 1.165) is 31.6 Å². The molecule has 0 aliphatic carbocycles. The van der Waals surface area contributed by atoms with Gasteiger partial charge in [-0.05, 0) is 37.6 Å². The van der Waals surface area contributed by atoms with E-state index in [2.05, 4.69) is 16.0 Å². The minimum Gasteiger partial charge on any atom is -0.348 e. The third-order valence-corrected chi connectivity index (χ3v) is 3.90. The lowest BCUT2D eigenvalue weighted by Crippen LogP contribution is -2.46. The van der Waals surface area contributed by atoms with E-state index in [-0.39, 0.29) is 30.4 Å². The lowest BCUT2D eigenvalue weighted by molar-refractivity contribution is 0.0940. The number of anilines is 1. The molecule has 2 aliphatic heterocycles. The summed E-state index contributed by atoms with van der Waals surface area (Å²) in [6.45, 7) is 3.16. The van der Waals surface area contributed by atoms with Crippen molar-refractivity contribution in [1.29, 1.82) is 0 Å². The van der Waals surface area contributed by atoms with Crippen LogP contribution in [-0.2, 0) is 0 Å². The van der Waals surface area contributed by atoms with E-state index >= 15 is 0 Å². The number of rotatable bonds is 3. The Kier molecular flexibility index (Phi) is 5.63. The van der Waals surface area contributed by atoms with E-state index in [1.165, 1.54) is 0 Å². The highest BCUT2D eigenvalue weighted by atomic mass is 35.5. The number of amides is 3. The molecule has 3 N–H and O–H groups in total. The van der Waals surface area contributed by atoms with Gasteiger partial charge in [0.05, 0.1) is 0 Å². The smallest absolute Gasteiger partial charge is 0.321 e. The van der Waals surface area contributed by atoms with Crippen molar-refractivity contribution in [2.75, 3.05) is 31.1 Å². The number of carbonyl (C=O) groups excluding carboxylic acids is 2. The van der Waals surface area contributed by atoms with Crippen LogP contribution in [0.2, 0.25) is 0 Å². The molecule has 3 rings (SSSR count). The number of urea groups is 1. The summed E-state index contributed by atoms with van der Waals surface area (Å²) in [5.41, 5.74) is 1.36. The number of nitrogens with zero attached hydrogens (tertiary/aromatic N) is 1. The number of benzene rings is 1. The number of carbonyl (C=O) groups is 2. The summed E-state index contributed by atoms with van der Waals surface area (Å²) in [6, 6.07) is 7.34. The molecular formula is C15H21ClN4O2. The van der Waals surface area contributed by atoms with Crippen LogP contribution >= 0.6 is 12.4 Å². The van der Waals surface area contributed by atoms with Crippen LogP contribution in [0.15, 0.2) is 24.3 Å². The van der Waals surface area contributed by atoms with E-state index in [9.17, 15) is 9.59 Å². The van der Waals surface area contributed by atoms with Gasteiger partial charge in [0.25, 0.3) is 5.91 Å². The van der Waals surface area contributed by atoms with Crippen molar-refractivity contribution < 1.29 is 9.59 Å². The molecule has 2 heterocycles. The molecule has 120 valence electrons. The number of nitrogens with one attached hydrogen (secondary N) is 3. The van der Waals surface area contributed by atoms with E-state index in [0.29, 0.717) is 18.7 Å². The van der Waals surface area contributed by atoms with Gasteiger partial charge in [-0.15, -0.1) is 12.4 Å². The van der Waals surface area contributed by atoms with Crippen LogP contribution in [0, 0.1) is 0 Å². The van der Waals surface area contributed by atoms with Gasteiger partial charge in [0.1, 0.15) is 0 Å². The third-order valence-electron chi connectivity index (χ3n) is 3.90. The third kappa shape index (κ3) is 3.69. The molecule has 0 spiro atoms. The molecule has 2 saturated heterocycles. The zero-order chi connectivity index (χ0) is 14.7. The fraction of sp³-hybridized carbons (Fsp3) is 0.467. The average molecular weight is 325 g/mol. The Morgan fingerprint density at radius 3 is 2.91 bits per heavy atom. The number of hydrogen-bond donors (Lipinski definition) is 3. The SMILES string of the molecule is Cl.O=C(NC1CCNC1)c1cccc(N2CCCNC2=O)c1. The first-order chi connectivity index (χ1) is 10.2. The topological polar surface area (TPSA) is 73.5 Å². The van der Waals surface area contributed by atoms with Crippen LogP contribution < -0.4 is 20.9 Å². The predicted octanol–water partition coefficient (Wildman–Crippen LogP) is 1.12. The second kappa shape index (κ2) is 7.47. The molecular weight excluding hydrogens is 304 g/mol. The van der Waals surface area contributed by atoms with Crippen LogP contribution in [0.3, 0.4) is 0 Å². The summed E-state index contributed by atoms with van der Waals surface area (Å²) in [5, 5.41) is 9.05. The zero-order valence-electron chi connectivity index (χ0n) is 12.3. The summed E-state index contributed by atoms with van der Waals surface area (Å²) >= 11 is 0. The largest absolute Gasteiger partial charge is 0.348 e. The second-order valence-corrected chi connectivity index (χ2v) is 5.45. The van der Waals surface area contributed by atoms with Crippen LogP contribution in [0.25, 0.3) is 0 Å². The minimum atomic E-state index is -0.0983. The van der Waals surface area contributed by atoms with Gasteiger partial charge in [0.15, 0.2) is 0 Å². The molecule has 2 fully saturated rings. The van der Waals surface area contributed by atoms with E-state index in [4.69, 9.17) is 0 Å². The van der Waals surface area contributed by atoms with Crippen LogP contribution in [0.1, 0.15) is 23.2 Å². The van der Waals surface area contributed by atoms with Gasteiger partial charge in [-0.2, -0.15) is 0 Å². The van der Waals surface area contributed by atoms with Crippen LogP contribution in [0.4, 0.5) is 10.5 Å². The maximum Gasteiger partial charge on any atom is 0.321 e. The van der Waals surface area contributed by atoms with Gasteiger partial charge in [-0.25, -0.2) is 4.79 Å².